The maximum Gasteiger partial charge on any atom is 0.254 e. The maximum atomic E-state index is 12.8. The monoisotopic (exact) mass is 395 g/mol. The molecular weight excluding hydrogens is 370 g/mol. The van der Waals surface area contributed by atoms with Gasteiger partial charge in [-0.2, -0.15) is 4.31 Å². The molecule has 2 atom stereocenters. The fraction of sp³-hybridized carbons (Fsp3) is 0.556. The van der Waals surface area contributed by atoms with Gasteiger partial charge in [-0.1, -0.05) is 30.3 Å². The molecule has 2 aliphatic heterocycles. The second kappa shape index (κ2) is 7.95. The number of carbonyl (C=O) groups excluding carboxylic acids is 2. The van der Waals surface area contributed by atoms with Gasteiger partial charge >= 0.3 is 0 Å². The fourth-order valence-corrected chi connectivity index (χ4v) is 4.44. The number of benzene rings is 1. The maximum absolute atomic E-state index is 12.8. The molecule has 0 aliphatic carbocycles. The van der Waals surface area contributed by atoms with Crippen LogP contribution in [0.4, 0.5) is 0 Å². The standard InChI is InChI=1S/C18H25N3O5S/c1-27(24,25)21-12-15(18(13-21)17(23)20-10-11-26-18)16(22)19-9-5-8-14-6-3-2-4-7-14/h2-4,6-7,15H,5,8-13H2,1H3,(H,19,22)(H,20,23)/t15-,18-/m1/s1. The Morgan fingerprint density at radius 1 is 1.37 bits per heavy atom. The van der Waals surface area contributed by atoms with Crippen molar-refractivity contribution in [2.45, 2.75) is 18.4 Å². The highest BCUT2D eigenvalue weighted by Crippen LogP contribution is 2.34. The van der Waals surface area contributed by atoms with E-state index in [2.05, 4.69) is 10.6 Å². The van der Waals surface area contributed by atoms with E-state index in [9.17, 15) is 18.0 Å². The molecule has 2 aliphatic rings. The van der Waals surface area contributed by atoms with Gasteiger partial charge in [-0.05, 0) is 18.4 Å². The van der Waals surface area contributed by atoms with E-state index in [4.69, 9.17) is 4.74 Å². The van der Waals surface area contributed by atoms with Crippen molar-refractivity contribution in [2.75, 3.05) is 39.0 Å². The number of rotatable bonds is 6. The first kappa shape index (κ1) is 19.8. The van der Waals surface area contributed by atoms with Crippen molar-refractivity contribution in [3.8, 4) is 0 Å². The van der Waals surface area contributed by atoms with Gasteiger partial charge in [0.15, 0.2) is 5.60 Å². The Bertz CT molecular complexity index is 798. The largest absolute Gasteiger partial charge is 0.361 e. The van der Waals surface area contributed by atoms with Crippen LogP contribution >= 0.6 is 0 Å². The molecule has 8 nitrogen and oxygen atoms in total. The number of aryl methyl sites for hydroxylation is 1. The molecule has 2 saturated heterocycles. The van der Waals surface area contributed by atoms with E-state index in [1.54, 1.807) is 0 Å². The Balaban J connectivity index is 1.64. The second-order valence-corrected chi connectivity index (χ2v) is 8.96. The third-order valence-corrected chi connectivity index (χ3v) is 6.28. The van der Waals surface area contributed by atoms with Gasteiger partial charge in [0.1, 0.15) is 0 Å². The van der Waals surface area contributed by atoms with Crippen molar-refractivity contribution in [3.63, 3.8) is 0 Å². The van der Waals surface area contributed by atoms with Crippen LogP contribution in [-0.2, 0) is 30.8 Å². The Kier molecular flexibility index (Phi) is 5.83. The molecule has 1 aromatic rings. The molecule has 2 fully saturated rings. The lowest BCUT2D eigenvalue weighted by Gasteiger charge is -2.36. The molecule has 0 bridgehead atoms. The lowest BCUT2D eigenvalue weighted by atomic mass is 9.87. The van der Waals surface area contributed by atoms with Crippen LogP contribution in [0.25, 0.3) is 0 Å². The zero-order chi connectivity index (χ0) is 19.5. The van der Waals surface area contributed by atoms with Crippen molar-refractivity contribution in [1.29, 1.82) is 0 Å². The minimum atomic E-state index is -3.54. The summed E-state index contributed by atoms with van der Waals surface area (Å²) in [4.78, 5) is 25.2. The zero-order valence-electron chi connectivity index (χ0n) is 15.3. The molecule has 1 spiro atoms. The first-order valence-electron chi connectivity index (χ1n) is 9.02. The van der Waals surface area contributed by atoms with Gasteiger partial charge in [0.25, 0.3) is 5.91 Å². The predicted molar refractivity (Wildman–Crippen MR) is 99.4 cm³/mol. The topological polar surface area (TPSA) is 105 Å². The van der Waals surface area contributed by atoms with Crippen LogP contribution in [0.5, 0.6) is 0 Å². The average Bonchev–Trinajstić information content (AvgIpc) is 3.03. The molecule has 27 heavy (non-hydrogen) atoms. The van der Waals surface area contributed by atoms with Crippen molar-refractivity contribution < 1.29 is 22.7 Å². The molecule has 2 heterocycles. The van der Waals surface area contributed by atoms with E-state index < -0.39 is 27.4 Å². The highest BCUT2D eigenvalue weighted by Gasteiger charge is 2.59. The summed E-state index contributed by atoms with van der Waals surface area (Å²) < 4.78 is 30.8. The van der Waals surface area contributed by atoms with E-state index >= 15 is 0 Å². The molecule has 1 aromatic carbocycles. The zero-order valence-corrected chi connectivity index (χ0v) is 16.1. The normalized spacial score (nSPS) is 26.1. The molecule has 2 N–H and O–H groups in total. The number of nitrogens with one attached hydrogen (secondary N) is 2. The lowest BCUT2D eigenvalue weighted by molar-refractivity contribution is -0.163. The van der Waals surface area contributed by atoms with Gasteiger partial charge in [-0.25, -0.2) is 8.42 Å². The van der Waals surface area contributed by atoms with Crippen LogP contribution in [0.2, 0.25) is 0 Å². The van der Waals surface area contributed by atoms with E-state index in [1.807, 2.05) is 30.3 Å². The summed E-state index contributed by atoms with van der Waals surface area (Å²) in [5.74, 6) is -1.65. The van der Waals surface area contributed by atoms with Crippen LogP contribution in [0.15, 0.2) is 30.3 Å². The summed E-state index contributed by atoms with van der Waals surface area (Å²) in [6.07, 6.45) is 2.64. The fourth-order valence-electron chi connectivity index (χ4n) is 3.60. The summed E-state index contributed by atoms with van der Waals surface area (Å²) >= 11 is 0. The SMILES string of the molecule is CS(=O)(=O)N1C[C@H](C(=O)NCCCc2ccccc2)[C@@]2(C1)OCCNC2=O. The predicted octanol–water partition coefficient (Wildman–Crippen LogP) is -0.488. The van der Waals surface area contributed by atoms with E-state index in [-0.39, 0.29) is 25.6 Å². The Labute approximate surface area is 159 Å². The van der Waals surface area contributed by atoms with Gasteiger partial charge in [-0.3, -0.25) is 9.59 Å². The number of nitrogens with zero attached hydrogens (tertiary/aromatic N) is 1. The van der Waals surface area contributed by atoms with E-state index in [0.717, 1.165) is 23.4 Å². The first-order chi connectivity index (χ1) is 12.8. The van der Waals surface area contributed by atoms with E-state index in [1.165, 1.54) is 5.56 Å². The Morgan fingerprint density at radius 3 is 2.78 bits per heavy atom. The molecule has 9 heteroatoms. The first-order valence-corrected chi connectivity index (χ1v) is 10.9. The van der Waals surface area contributed by atoms with Gasteiger partial charge in [0, 0.05) is 19.6 Å². The number of hydrogen-bond acceptors (Lipinski definition) is 5. The quantitative estimate of drug-likeness (QED) is 0.633. The summed E-state index contributed by atoms with van der Waals surface area (Å²) in [7, 11) is -3.54. The minimum absolute atomic E-state index is 0.0588. The molecule has 0 unspecified atom stereocenters. The molecule has 0 radical (unpaired) electrons. The van der Waals surface area contributed by atoms with Crippen LogP contribution in [-0.4, -0.2) is 69.2 Å². The summed E-state index contributed by atoms with van der Waals surface area (Å²) in [6, 6.07) is 9.94. The molecular formula is C18H25N3O5S. The molecule has 0 saturated carbocycles. The number of ether oxygens (including phenoxy) is 1. The summed E-state index contributed by atoms with van der Waals surface area (Å²) in [5.41, 5.74) is -0.271. The van der Waals surface area contributed by atoms with Crippen molar-refractivity contribution in [2.24, 2.45) is 5.92 Å². The molecule has 0 aromatic heterocycles. The number of amides is 2. The molecule has 148 valence electrons. The number of sulfonamides is 1. The highest BCUT2D eigenvalue weighted by molar-refractivity contribution is 7.88. The Morgan fingerprint density at radius 2 is 2.11 bits per heavy atom. The summed E-state index contributed by atoms with van der Waals surface area (Å²) in [6.45, 7) is 0.851. The van der Waals surface area contributed by atoms with Crippen LogP contribution in [0, 0.1) is 5.92 Å². The van der Waals surface area contributed by atoms with Crippen LogP contribution < -0.4 is 10.6 Å². The Hall–Kier alpha value is -1.97. The van der Waals surface area contributed by atoms with Crippen molar-refractivity contribution in [1.82, 2.24) is 14.9 Å². The van der Waals surface area contributed by atoms with Crippen molar-refractivity contribution in [3.05, 3.63) is 35.9 Å². The molecule has 3 rings (SSSR count). The van der Waals surface area contributed by atoms with Crippen molar-refractivity contribution >= 4 is 21.8 Å². The van der Waals surface area contributed by atoms with Gasteiger partial charge in [-0.15, -0.1) is 0 Å². The van der Waals surface area contributed by atoms with Gasteiger partial charge in [0.2, 0.25) is 15.9 Å². The van der Waals surface area contributed by atoms with Gasteiger partial charge < -0.3 is 15.4 Å². The van der Waals surface area contributed by atoms with E-state index in [0.29, 0.717) is 13.1 Å². The third kappa shape index (κ3) is 4.31. The minimum Gasteiger partial charge on any atom is -0.361 e. The lowest BCUT2D eigenvalue weighted by Crippen LogP contribution is -2.62. The van der Waals surface area contributed by atoms with Gasteiger partial charge in [0.05, 0.1) is 25.3 Å². The second-order valence-electron chi connectivity index (χ2n) is 6.98. The smallest absolute Gasteiger partial charge is 0.254 e. The number of carbonyl (C=O) groups is 2. The molecule has 2 amide bonds. The third-order valence-electron chi connectivity index (χ3n) is 5.06. The van der Waals surface area contributed by atoms with Crippen LogP contribution in [0.1, 0.15) is 12.0 Å². The highest BCUT2D eigenvalue weighted by atomic mass is 32.2. The number of morpholine rings is 1. The number of hydrogen-bond donors (Lipinski definition) is 2. The van der Waals surface area contributed by atoms with Crippen LogP contribution in [0.3, 0.4) is 0 Å². The average molecular weight is 395 g/mol. The summed E-state index contributed by atoms with van der Waals surface area (Å²) in [5, 5.41) is 5.53.